The molecular formula is C27H28F2N4O3. The summed E-state index contributed by atoms with van der Waals surface area (Å²) < 4.78 is 33.0. The third kappa shape index (κ3) is 4.68. The molecular weight excluding hydrogens is 466 g/mol. The average Bonchev–Trinajstić information content (AvgIpc) is 2.88. The predicted octanol–water partition coefficient (Wildman–Crippen LogP) is 4.19. The van der Waals surface area contributed by atoms with Gasteiger partial charge in [0.25, 0.3) is 11.8 Å². The number of amides is 1. The maximum absolute atomic E-state index is 13.7. The lowest BCUT2D eigenvalue weighted by atomic mass is 9.87. The highest BCUT2D eigenvalue weighted by molar-refractivity contribution is 6.04. The molecule has 2 atom stereocenters. The molecule has 2 aliphatic heterocycles. The molecule has 1 amide bonds. The maximum Gasteiger partial charge on any atom is 0.286 e. The molecule has 4 heterocycles. The molecule has 1 aromatic carbocycles. The van der Waals surface area contributed by atoms with Gasteiger partial charge in [-0.1, -0.05) is 6.07 Å². The van der Waals surface area contributed by atoms with E-state index in [4.69, 9.17) is 9.72 Å². The number of aromatic nitrogens is 2. The van der Waals surface area contributed by atoms with Crippen LogP contribution in [0.3, 0.4) is 0 Å². The highest BCUT2D eigenvalue weighted by atomic mass is 19.3. The first-order valence-electron chi connectivity index (χ1n) is 12.0. The second kappa shape index (κ2) is 9.55. The Bertz CT molecular complexity index is 1290. The van der Waals surface area contributed by atoms with Crippen molar-refractivity contribution in [1.82, 2.24) is 9.97 Å². The van der Waals surface area contributed by atoms with Gasteiger partial charge < -0.3 is 20.1 Å². The molecule has 0 spiro atoms. The van der Waals surface area contributed by atoms with Crippen LogP contribution in [0.15, 0.2) is 48.8 Å². The number of aliphatic hydroxyl groups is 1. The molecule has 5 rings (SSSR count). The Morgan fingerprint density at radius 3 is 2.86 bits per heavy atom. The molecule has 0 unspecified atom stereocenters. The number of hydrogen-bond donors (Lipinski definition) is 2. The Kier molecular flexibility index (Phi) is 6.44. The van der Waals surface area contributed by atoms with E-state index in [0.717, 1.165) is 47.6 Å². The highest BCUT2D eigenvalue weighted by Gasteiger charge is 2.37. The zero-order chi connectivity index (χ0) is 25.4. The number of alkyl halides is 2. The summed E-state index contributed by atoms with van der Waals surface area (Å²) in [5, 5.41) is 12.7. The van der Waals surface area contributed by atoms with Gasteiger partial charge in [-0.25, -0.2) is 0 Å². The van der Waals surface area contributed by atoms with E-state index < -0.39 is 17.5 Å². The molecule has 3 aromatic rings. The number of anilines is 2. The Morgan fingerprint density at radius 1 is 1.25 bits per heavy atom. The van der Waals surface area contributed by atoms with Crippen LogP contribution in [0.1, 0.15) is 34.2 Å². The monoisotopic (exact) mass is 494 g/mol. The normalized spacial score (nSPS) is 19.4. The van der Waals surface area contributed by atoms with E-state index in [1.54, 1.807) is 6.07 Å². The maximum atomic E-state index is 13.7. The van der Waals surface area contributed by atoms with Crippen LogP contribution in [-0.4, -0.2) is 53.4 Å². The summed E-state index contributed by atoms with van der Waals surface area (Å²) in [6.07, 6.45) is 3.72. The highest BCUT2D eigenvalue weighted by Crippen LogP contribution is 2.37. The Hall–Kier alpha value is -3.43. The average molecular weight is 495 g/mol. The zero-order valence-electron chi connectivity index (χ0n) is 20.2. The van der Waals surface area contributed by atoms with Crippen LogP contribution in [-0.2, 0) is 17.1 Å². The van der Waals surface area contributed by atoms with Gasteiger partial charge in [0.1, 0.15) is 5.69 Å². The van der Waals surface area contributed by atoms with Crippen LogP contribution >= 0.6 is 0 Å². The van der Waals surface area contributed by atoms with Gasteiger partial charge in [0.2, 0.25) is 0 Å². The second-order valence-electron chi connectivity index (χ2n) is 9.47. The molecule has 2 aliphatic rings. The first-order chi connectivity index (χ1) is 17.2. The smallest absolute Gasteiger partial charge is 0.286 e. The topological polar surface area (TPSA) is 87.6 Å². The van der Waals surface area contributed by atoms with Crippen molar-refractivity contribution >= 4 is 17.3 Å². The summed E-state index contributed by atoms with van der Waals surface area (Å²) in [4.78, 5) is 23.5. The van der Waals surface area contributed by atoms with Gasteiger partial charge >= 0.3 is 0 Å². The van der Waals surface area contributed by atoms with E-state index in [9.17, 15) is 18.7 Å². The van der Waals surface area contributed by atoms with Crippen LogP contribution in [0.2, 0.25) is 0 Å². The van der Waals surface area contributed by atoms with Crippen LogP contribution in [0.4, 0.5) is 20.2 Å². The van der Waals surface area contributed by atoms with Gasteiger partial charge in [-0.15, -0.1) is 0 Å². The minimum absolute atomic E-state index is 0.0813. The summed E-state index contributed by atoms with van der Waals surface area (Å²) in [7, 11) is 0. The summed E-state index contributed by atoms with van der Waals surface area (Å²) in [5.74, 6) is -3.55. The number of ether oxygens (including phenoxy) is 1. The Labute approximate surface area is 208 Å². The molecule has 7 nitrogen and oxygen atoms in total. The number of benzene rings is 1. The predicted molar refractivity (Wildman–Crippen MR) is 132 cm³/mol. The van der Waals surface area contributed by atoms with Crippen LogP contribution < -0.4 is 10.2 Å². The fraction of sp³-hybridized carbons (Fsp3) is 0.370. The van der Waals surface area contributed by atoms with Crippen LogP contribution in [0.25, 0.3) is 11.1 Å². The second-order valence-corrected chi connectivity index (χ2v) is 9.47. The standard InChI is InChI=1S/C27H28F2N4O3/c1-16-3-4-20(32-26(35)17-5-6-30-25(11-17)27(2,28)29)12-21(16)18-10-23-22(31-13-18)9-19(14-34)24-15-36-8-7-33(23)24/h3-6,10-13,19,24,34H,7-9,14-15H2,1-2H3,(H,32,35)/t19-,24-/m0/s1. The van der Waals surface area contributed by atoms with Gasteiger partial charge in [0, 0.05) is 55.2 Å². The number of nitrogens with zero attached hydrogens (tertiary/aromatic N) is 3. The van der Waals surface area contributed by atoms with E-state index in [0.29, 0.717) is 25.3 Å². The number of pyridine rings is 2. The summed E-state index contributed by atoms with van der Waals surface area (Å²) in [6.45, 7) is 4.76. The lowest BCUT2D eigenvalue weighted by molar-refractivity contribution is 0.0127. The van der Waals surface area contributed by atoms with Crippen molar-refractivity contribution in [1.29, 1.82) is 0 Å². The summed E-state index contributed by atoms with van der Waals surface area (Å²) >= 11 is 0. The molecule has 2 aromatic heterocycles. The van der Waals surface area contributed by atoms with Crippen molar-refractivity contribution in [3.05, 3.63) is 71.3 Å². The van der Waals surface area contributed by atoms with E-state index in [2.05, 4.69) is 21.3 Å². The number of aliphatic hydroxyl groups excluding tert-OH is 1. The molecule has 0 aliphatic carbocycles. The minimum Gasteiger partial charge on any atom is -0.396 e. The number of morpholine rings is 1. The molecule has 36 heavy (non-hydrogen) atoms. The lowest BCUT2D eigenvalue weighted by Gasteiger charge is -2.45. The van der Waals surface area contributed by atoms with E-state index in [1.807, 2.05) is 25.3 Å². The molecule has 9 heteroatoms. The SMILES string of the molecule is Cc1ccc(NC(=O)c2ccnc(C(C)(F)F)c2)cc1-c1cnc2c(c1)N1CCOC[C@H]1[C@H](CO)C2. The van der Waals surface area contributed by atoms with E-state index in [1.165, 1.54) is 12.3 Å². The number of rotatable bonds is 5. The molecule has 2 N–H and O–H groups in total. The Balaban J connectivity index is 1.43. The van der Waals surface area contributed by atoms with Gasteiger partial charge in [0.05, 0.1) is 30.6 Å². The lowest BCUT2D eigenvalue weighted by Crippen LogP contribution is -2.54. The number of halogens is 2. The number of carbonyl (C=O) groups excluding carboxylic acids is 1. The van der Waals surface area contributed by atoms with Crippen molar-refractivity contribution in [2.75, 3.05) is 36.6 Å². The van der Waals surface area contributed by atoms with Crippen molar-refractivity contribution in [3.8, 4) is 11.1 Å². The van der Waals surface area contributed by atoms with E-state index >= 15 is 0 Å². The van der Waals surface area contributed by atoms with Crippen LogP contribution in [0.5, 0.6) is 0 Å². The number of hydrogen-bond acceptors (Lipinski definition) is 6. The Morgan fingerprint density at radius 2 is 2.08 bits per heavy atom. The van der Waals surface area contributed by atoms with Gasteiger partial charge in [-0.2, -0.15) is 8.78 Å². The quantitative estimate of drug-likeness (QED) is 0.553. The fourth-order valence-electron chi connectivity index (χ4n) is 4.94. The fourth-order valence-corrected chi connectivity index (χ4v) is 4.94. The molecule has 1 fully saturated rings. The molecule has 0 bridgehead atoms. The van der Waals surface area contributed by atoms with Gasteiger partial charge in [-0.05, 0) is 54.8 Å². The molecule has 0 saturated carbocycles. The minimum atomic E-state index is -3.14. The van der Waals surface area contributed by atoms with E-state index in [-0.39, 0.29) is 24.1 Å². The van der Waals surface area contributed by atoms with Crippen molar-refractivity contribution in [3.63, 3.8) is 0 Å². The number of carbonyl (C=O) groups is 1. The van der Waals surface area contributed by atoms with Gasteiger partial charge in [-0.3, -0.25) is 14.8 Å². The number of aryl methyl sites for hydroxylation is 1. The largest absolute Gasteiger partial charge is 0.396 e. The number of nitrogens with one attached hydrogen (secondary N) is 1. The first-order valence-corrected chi connectivity index (χ1v) is 12.0. The first kappa shape index (κ1) is 24.3. The van der Waals surface area contributed by atoms with Crippen LogP contribution in [0, 0.1) is 12.8 Å². The summed E-state index contributed by atoms with van der Waals surface area (Å²) in [5.41, 5.74) is 5.03. The van der Waals surface area contributed by atoms with Crippen molar-refractivity contribution in [2.45, 2.75) is 32.2 Å². The molecule has 188 valence electrons. The zero-order valence-corrected chi connectivity index (χ0v) is 20.2. The van der Waals surface area contributed by atoms with Crippen molar-refractivity contribution in [2.24, 2.45) is 5.92 Å². The van der Waals surface area contributed by atoms with Crippen molar-refractivity contribution < 1.29 is 23.4 Å². The molecule has 1 saturated heterocycles. The third-order valence-electron chi connectivity index (χ3n) is 6.93. The summed E-state index contributed by atoms with van der Waals surface area (Å²) in [6, 6.07) is 10.3. The number of fused-ring (bicyclic) bond motifs is 3. The third-order valence-corrected chi connectivity index (χ3v) is 6.93. The van der Waals surface area contributed by atoms with Gasteiger partial charge in [0.15, 0.2) is 0 Å². The molecule has 0 radical (unpaired) electrons.